The van der Waals surface area contributed by atoms with E-state index in [2.05, 4.69) is 12.2 Å². The summed E-state index contributed by atoms with van der Waals surface area (Å²) in [6.07, 6.45) is 13.3. The number of hydrogen-bond donors (Lipinski definition) is 2. The zero-order valence-corrected chi connectivity index (χ0v) is 19.1. The van der Waals surface area contributed by atoms with Gasteiger partial charge in [-0.3, -0.25) is 4.79 Å². The van der Waals surface area contributed by atoms with Crippen LogP contribution < -0.4 is 10.1 Å². The van der Waals surface area contributed by atoms with Gasteiger partial charge in [0.1, 0.15) is 11.8 Å². The van der Waals surface area contributed by atoms with E-state index in [1.54, 1.807) is 24.3 Å². The molecule has 0 bridgehead atoms. The van der Waals surface area contributed by atoms with E-state index >= 15 is 0 Å². The molecule has 30 heavy (non-hydrogen) atoms. The lowest BCUT2D eigenvalue weighted by atomic mass is 10.0. The summed E-state index contributed by atoms with van der Waals surface area (Å²) < 4.78 is 5.76. The Morgan fingerprint density at radius 3 is 1.93 bits per heavy atom. The average Bonchev–Trinajstić information content (AvgIpc) is 2.71. The fourth-order valence-corrected chi connectivity index (χ4v) is 3.42. The first-order valence-corrected chi connectivity index (χ1v) is 11.7. The Morgan fingerprint density at radius 2 is 1.43 bits per heavy atom. The van der Waals surface area contributed by atoms with Gasteiger partial charge in [-0.15, -0.1) is 0 Å². The molecule has 0 aliphatic heterocycles. The topological polar surface area (TPSA) is 75.6 Å². The zero-order valence-electron chi connectivity index (χ0n) is 19.1. The van der Waals surface area contributed by atoms with Gasteiger partial charge in [-0.25, -0.2) is 4.79 Å². The van der Waals surface area contributed by atoms with E-state index < -0.39 is 12.0 Å². The third-order valence-corrected chi connectivity index (χ3v) is 5.19. The minimum absolute atomic E-state index is 0.188. The second-order valence-corrected chi connectivity index (χ2v) is 8.55. The van der Waals surface area contributed by atoms with E-state index in [0.717, 1.165) is 12.2 Å². The van der Waals surface area contributed by atoms with E-state index in [-0.39, 0.29) is 11.8 Å². The Bertz CT molecular complexity index is 598. The smallest absolute Gasteiger partial charge is 0.326 e. The van der Waals surface area contributed by atoms with Gasteiger partial charge in [-0.2, -0.15) is 0 Å². The summed E-state index contributed by atoms with van der Waals surface area (Å²) in [4.78, 5) is 23.6. The number of carbonyl (C=O) groups is 2. The van der Waals surface area contributed by atoms with Gasteiger partial charge >= 0.3 is 5.97 Å². The van der Waals surface area contributed by atoms with Crippen molar-refractivity contribution in [1.29, 1.82) is 0 Å². The number of carboxylic acid groups (broad SMARTS) is 1. The first-order valence-electron chi connectivity index (χ1n) is 11.7. The zero-order chi connectivity index (χ0) is 22.2. The fraction of sp³-hybridized carbons (Fsp3) is 0.680. The van der Waals surface area contributed by atoms with Crippen molar-refractivity contribution in [3.63, 3.8) is 0 Å². The van der Waals surface area contributed by atoms with Gasteiger partial charge in [0, 0.05) is 5.56 Å². The predicted molar refractivity (Wildman–Crippen MR) is 122 cm³/mol. The van der Waals surface area contributed by atoms with Crippen molar-refractivity contribution in [2.24, 2.45) is 5.92 Å². The molecule has 1 amide bonds. The third kappa shape index (κ3) is 11.8. The molecule has 170 valence electrons. The maximum absolute atomic E-state index is 12.3. The second-order valence-electron chi connectivity index (χ2n) is 8.55. The van der Waals surface area contributed by atoms with Crippen LogP contribution in [0.1, 0.15) is 102 Å². The molecule has 2 N–H and O–H groups in total. The maximum atomic E-state index is 12.3. The Hall–Kier alpha value is -2.04. The van der Waals surface area contributed by atoms with Gasteiger partial charge in [0.05, 0.1) is 6.61 Å². The molecule has 0 radical (unpaired) electrons. The summed E-state index contributed by atoms with van der Waals surface area (Å²) in [5.41, 5.74) is 0.441. The number of nitrogens with one attached hydrogen (secondary N) is 1. The lowest BCUT2D eigenvalue weighted by Crippen LogP contribution is -2.41. The first-order chi connectivity index (χ1) is 14.4. The molecule has 5 nitrogen and oxygen atoms in total. The highest BCUT2D eigenvalue weighted by atomic mass is 16.5. The van der Waals surface area contributed by atoms with Gasteiger partial charge in [0.2, 0.25) is 0 Å². The van der Waals surface area contributed by atoms with Crippen molar-refractivity contribution in [2.75, 3.05) is 6.61 Å². The molecule has 1 rings (SSSR count). The summed E-state index contributed by atoms with van der Waals surface area (Å²) in [5.74, 6) is -0.454. The molecule has 0 aliphatic carbocycles. The van der Waals surface area contributed by atoms with Crippen LogP contribution in [0.15, 0.2) is 24.3 Å². The van der Waals surface area contributed by atoms with Crippen LogP contribution in [-0.2, 0) is 4.79 Å². The molecule has 1 atom stereocenters. The van der Waals surface area contributed by atoms with Crippen molar-refractivity contribution in [3.05, 3.63) is 29.8 Å². The number of hydrogen-bond acceptors (Lipinski definition) is 3. The summed E-state index contributed by atoms with van der Waals surface area (Å²) in [6.45, 7) is 6.79. The van der Waals surface area contributed by atoms with Gasteiger partial charge in [-0.05, 0) is 43.0 Å². The number of carbonyl (C=O) groups excluding carboxylic acids is 1. The molecule has 0 aliphatic rings. The summed E-state index contributed by atoms with van der Waals surface area (Å²) in [7, 11) is 0. The van der Waals surface area contributed by atoms with Crippen molar-refractivity contribution >= 4 is 11.9 Å². The number of aliphatic carboxylic acids is 1. The van der Waals surface area contributed by atoms with Crippen molar-refractivity contribution in [1.82, 2.24) is 5.32 Å². The molecule has 0 spiro atoms. The summed E-state index contributed by atoms with van der Waals surface area (Å²) in [5, 5.41) is 11.9. The minimum atomic E-state index is -1.01. The van der Waals surface area contributed by atoms with Gasteiger partial charge in [0.15, 0.2) is 0 Å². The van der Waals surface area contributed by atoms with E-state index in [1.165, 1.54) is 57.8 Å². The molecule has 0 fully saturated rings. The van der Waals surface area contributed by atoms with Gasteiger partial charge in [-0.1, -0.05) is 78.6 Å². The van der Waals surface area contributed by atoms with Crippen LogP contribution in [0, 0.1) is 5.92 Å². The van der Waals surface area contributed by atoms with Crippen LogP contribution in [0.3, 0.4) is 0 Å². The van der Waals surface area contributed by atoms with E-state index in [4.69, 9.17) is 4.74 Å². The standard InChI is InChI=1S/C25H41NO4/c1-4-5-6-7-8-9-10-11-12-13-18-30-22-16-14-21(15-17-22)24(27)26-23(25(28)29)19-20(2)3/h14-17,20,23H,4-13,18-19H2,1-3H3,(H,26,27)(H,28,29)/t23-/m1/s1. The van der Waals surface area contributed by atoms with Crippen LogP contribution in [0.2, 0.25) is 0 Å². The van der Waals surface area contributed by atoms with E-state index in [9.17, 15) is 14.7 Å². The molecule has 1 aromatic carbocycles. The Labute approximate surface area is 182 Å². The van der Waals surface area contributed by atoms with Crippen LogP contribution in [0.4, 0.5) is 0 Å². The lowest BCUT2D eigenvalue weighted by Gasteiger charge is -2.16. The highest BCUT2D eigenvalue weighted by Gasteiger charge is 2.21. The number of amides is 1. The minimum Gasteiger partial charge on any atom is -0.494 e. The monoisotopic (exact) mass is 419 g/mol. The number of rotatable bonds is 17. The van der Waals surface area contributed by atoms with E-state index in [1.807, 2.05) is 13.8 Å². The number of carboxylic acids is 1. The molecular formula is C25H41NO4. The Kier molecular flexibility index (Phi) is 13.7. The normalized spacial score (nSPS) is 12.0. The molecule has 1 aromatic rings. The molecule has 0 saturated carbocycles. The van der Waals surface area contributed by atoms with Gasteiger partial charge < -0.3 is 15.2 Å². The molecule has 0 aromatic heterocycles. The number of benzene rings is 1. The largest absolute Gasteiger partial charge is 0.494 e. The highest BCUT2D eigenvalue weighted by molar-refractivity contribution is 5.96. The average molecular weight is 420 g/mol. The SMILES string of the molecule is CCCCCCCCCCCCOc1ccc(C(=O)N[C@H](CC(C)C)C(=O)O)cc1. The van der Waals surface area contributed by atoms with Crippen LogP contribution in [0.5, 0.6) is 5.75 Å². The fourth-order valence-electron chi connectivity index (χ4n) is 3.42. The van der Waals surface area contributed by atoms with Gasteiger partial charge in [0.25, 0.3) is 5.91 Å². The molecule has 0 saturated heterocycles. The van der Waals surface area contributed by atoms with Crippen LogP contribution in [0.25, 0.3) is 0 Å². The van der Waals surface area contributed by atoms with Crippen molar-refractivity contribution < 1.29 is 19.4 Å². The number of ether oxygens (including phenoxy) is 1. The Morgan fingerprint density at radius 1 is 0.900 bits per heavy atom. The van der Waals surface area contributed by atoms with E-state index in [0.29, 0.717) is 18.6 Å². The summed E-state index contributed by atoms with van der Waals surface area (Å²) in [6, 6.07) is 6.02. The first kappa shape index (κ1) is 26.0. The molecule has 5 heteroatoms. The molecule has 0 heterocycles. The van der Waals surface area contributed by atoms with Crippen LogP contribution in [-0.4, -0.2) is 29.6 Å². The maximum Gasteiger partial charge on any atom is 0.326 e. The second kappa shape index (κ2) is 15.8. The lowest BCUT2D eigenvalue weighted by molar-refractivity contribution is -0.139. The third-order valence-electron chi connectivity index (χ3n) is 5.19. The Balaban J connectivity index is 2.21. The molecule has 0 unspecified atom stereocenters. The highest BCUT2D eigenvalue weighted by Crippen LogP contribution is 2.15. The quantitative estimate of drug-likeness (QED) is 0.294. The van der Waals surface area contributed by atoms with Crippen molar-refractivity contribution in [2.45, 2.75) is 97.4 Å². The predicted octanol–water partition coefficient (Wildman–Crippen LogP) is 6.22. The summed E-state index contributed by atoms with van der Waals surface area (Å²) >= 11 is 0. The van der Waals surface area contributed by atoms with Crippen LogP contribution >= 0.6 is 0 Å². The molecular weight excluding hydrogens is 378 g/mol. The number of unbranched alkanes of at least 4 members (excludes halogenated alkanes) is 9. The van der Waals surface area contributed by atoms with Crippen molar-refractivity contribution in [3.8, 4) is 5.75 Å².